The van der Waals surface area contributed by atoms with Crippen LogP contribution in [0.25, 0.3) is 0 Å². The Labute approximate surface area is 89.2 Å². The lowest BCUT2D eigenvalue weighted by atomic mass is 10.1. The van der Waals surface area contributed by atoms with Gasteiger partial charge in [0, 0.05) is 0 Å². The Hall–Kier alpha value is -1.92. The van der Waals surface area contributed by atoms with Crippen molar-refractivity contribution >= 4 is 11.7 Å². The Morgan fingerprint density at radius 3 is 2.75 bits per heavy atom. The number of pyridine rings is 1. The fourth-order valence-corrected chi connectivity index (χ4v) is 1.17. The molecule has 5 nitrogen and oxygen atoms in total. The number of alkyl halides is 2. The maximum atomic E-state index is 12.5. The first-order valence-electron chi connectivity index (χ1n) is 4.32. The average Bonchev–Trinajstić information content (AvgIpc) is 2.22. The number of H-pyrrole nitrogens is 1. The van der Waals surface area contributed by atoms with Gasteiger partial charge in [-0.15, -0.1) is 0 Å². The third kappa shape index (κ3) is 2.56. The van der Waals surface area contributed by atoms with E-state index in [-0.39, 0.29) is 17.7 Å². The van der Waals surface area contributed by atoms with E-state index in [4.69, 9.17) is 5.73 Å². The van der Waals surface area contributed by atoms with E-state index in [0.717, 1.165) is 13.2 Å². The number of nitrogen functional groups attached to an aromatic ring is 1. The summed E-state index contributed by atoms with van der Waals surface area (Å²) in [5.74, 6) is -0.687. The van der Waals surface area contributed by atoms with Crippen LogP contribution < -0.4 is 11.3 Å². The van der Waals surface area contributed by atoms with Gasteiger partial charge < -0.3 is 15.5 Å². The minimum absolute atomic E-state index is 0.0426. The molecule has 0 bridgehead atoms. The van der Waals surface area contributed by atoms with E-state index in [1.807, 2.05) is 4.98 Å². The number of aromatic amines is 1. The summed E-state index contributed by atoms with van der Waals surface area (Å²) in [6.45, 7) is 0. The van der Waals surface area contributed by atoms with Crippen LogP contribution in [0.2, 0.25) is 0 Å². The minimum Gasteiger partial charge on any atom is -0.469 e. The molecule has 0 fully saturated rings. The third-order valence-corrected chi connectivity index (χ3v) is 1.97. The molecule has 1 aromatic rings. The normalized spacial score (nSPS) is 10.5. The summed E-state index contributed by atoms with van der Waals surface area (Å²) in [6.07, 6.45) is -3.25. The summed E-state index contributed by atoms with van der Waals surface area (Å²) in [5.41, 5.74) is 3.60. The molecule has 0 radical (unpaired) electrons. The summed E-state index contributed by atoms with van der Waals surface area (Å²) >= 11 is 0. The number of hydrogen-bond donors (Lipinski definition) is 2. The Balaban J connectivity index is 3.19. The lowest BCUT2D eigenvalue weighted by Gasteiger charge is -2.08. The van der Waals surface area contributed by atoms with Gasteiger partial charge in [-0.05, 0) is 11.6 Å². The van der Waals surface area contributed by atoms with Crippen molar-refractivity contribution in [3.63, 3.8) is 0 Å². The van der Waals surface area contributed by atoms with Crippen molar-refractivity contribution < 1.29 is 18.3 Å². The molecule has 1 aromatic heterocycles. The van der Waals surface area contributed by atoms with Crippen LogP contribution in [-0.4, -0.2) is 18.1 Å². The summed E-state index contributed by atoms with van der Waals surface area (Å²) in [6, 6.07) is 1.05. The molecule has 0 aliphatic rings. The maximum Gasteiger partial charge on any atom is 0.310 e. The van der Waals surface area contributed by atoms with Crippen LogP contribution in [-0.2, 0) is 16.0 Å². The molecular weight excluding hydrogens is 222 g/mol. The average molecular weight is 232 g/mol. The van der Waals surface area contributed by atoms with Gasteiger partial charge in [0.1, 0.15) is 0 Å². The van der Waals surface area contributed by atoms with Crippen molar-refractivity contribution in [2.45, 2.75) is 12.8 Å². The summed E-state index contributed by atoms with van der Waals surface area (Å²) < 4.78 is 29.4. The van der Waals surface area contributed by atoms with Crippen molar-refractivity contribution in [3.05, 3.63) is 27.7 Å². The zero-order valence-corrected chi connectivity index (χ0v) is 8.42. The number of methoxy groups -OCH3 is 1. The van der Waals surface area contributed by atoms with Crippen LogP contribution in [0.3, 0.4) is 0 Å². The predicted molar refractivity (Wildman–Crippen MR) is 52.2 cm³/mol. The van der Waals surface area contributed by atoms with Gasteiger partial charge in [0.15, 0.2) is 0 Å². The molecule has 0 spiro atoms. The molecule has 1 heterocycles. The summed E-state index contributed by atoms with van der Waals surface area (Å²) in [7, 11) is 1.14. The molecule has 0 aliphatic carbocycles. The number of nitrogens with two attached hydrogens (primary N) is 1. The number of rotatable bonds is 3. The van der Waals surface area contributed by atoms with Crippen LogP contribution in [0, 0.1) is 0 Å². The Morgan fingerprint density at radius 2 is 2.25 bits per heavy atom. The Morgan fingerprint density at radius 1 is 1.62 bits per heavy atom. The molecule has 0 saturated heterocycles. The number of carbonyl (C=O) groups is 1. The monoisotopic (exact) mass is 232 g/mol. The van der Waals surface area contributed by atoms with Crippen molar-refractivity contribution in [2.75, 3.05) is 12.8 Å². The van der Waals surface area contributed by atoms with E-state index in [2.05, 4.69) is 4.74 Å². The van der Waals surface area contributed by atoms with Crippen molar-refractivity contribution in [1.29, 1.82) is 0 Å². The van der Waals surface area contributed by atoms with Crippen LogP contribution in [0.1, 0.15) is 17.7 Å². The fraction of sp³-hybridized carbons (Fsp3) is 0.333. The first-order valence-corrected chi connectivity index (χ1v) is 4.32. The van der Waals surface area contributed by atoms with Crippen LogP contribution in [0.5, 0.6) is 0 Å². The molecule has 1 rings (SSSR count). The van der Waals surface area contributed by atoms with Crippen molar-refractivity contribution in [3.8, 4) is 0 Å². The highest BCUT2D eigenvalue weighted by molar-refractivity contribution is 5.73. The van der Waals surface area contributed by atoms with E-state index >= 15 is 0 Å². The topological polar surface area (TPSA) is 85.2 Å². The van der Waals surface area contributed by atoms with E-state index in [9.17, 15) is 18.4 Å². The molecule has 0 unspecified atom stereocenters. The zero-order valence-electron chi connectivity index (χ0n) is 8.42. The lowest BCUT2D eigenvalue weighted by molar-refractivity contribution is -0.139. The molecule has 88 valence electrons. The molecule has 16 heavy (non-hydrogen) atoms. The number of hydrogen-bond acceptors (Lipinski definition) is 4. The second-order valence-electron chi connectivity index (χ2n) is 3.05. The first-order chi connectivity index (χ1) is 7.45. The van der Waals surface area contributed by atoms with Crippen LogP contribution in [0.15, 0.2) is 10.9 Å². The zero-order chi connectivity index (χ0) is 12.3. The van der Waals surface area contributed by atoms with Crippen LogP contribution in [0.4, 0.5) is 14.5 Å². The molecular formula is C9H10F2N2O3. The summed E-state index contributed by atoms with van der Waals surface area (Å²) in [5, 5.41) is 0. The number of anilines is 1. The second-order valence-corrected chi connectivity index (χ2v) is 3.05. The lowest BCUT2D eigenvalue weighted by Crippen LogP contribution is -2.18. The minimum atomic E-state index is -2.88. The number of carbonyl (C=O) groups excluding carboxylic acids is 1. The van der Waals surface area contributed by atoms with E-state index in [1.165, 1.54) is 0 Å². The third-order valence-electron chi connectivity index (χ3n) is 1.97. The number of nitrogens with one attached hydrogen (secondary N) is 1. The highest BCUT2D eigenvalue weighted by Gasteiger charge is 2.18. The molecule has 0 amide bonds. The van der Waals surface area contributed by atoms with Gasteiger partial charge in [-0.1, -0.05) is 0 Å². The number of aromatic nitrogens is 1. The van der Waals surface area contributed by atoms with Crippen molar-refractivity contribution in [2.24, 2.45) is 0 Å². The van der Waals surface area contributed by atoms with Crippen LogP contribution >= 0.6 is 0 Å². The number of esters is 1. The fourth-order valence-electron chi connectivity index (χ4n) is 1.17. The molecule has 0 atom stereocenters. The predicted octanol–water partition coefficient (Wildman–Crippen LogP) is 0.610. The second kappa shape index (κ2) is 4.73. The van der Waals surface area contributed by atoms with Gasteiger partial charge in [-0.25, -0.2) is 8.78 Å². The van der Waals surface area contributed by atoms with Gasteiger partial charge >= 0.3 is 5.97 Å². The standard InChI is InChI=1S/C9H10F2N2O3/c1-16-6(14)3-4-2-5(12)9(15)13-7(4)8(10)11/h2,8H,3,12H2,1H3,(H,13,15). The number of ether oxygens (including phenoxy) is 1. The SMILES string of the molecule is COC(=O)Cc1cc(N)c(=O)[nH]c1C(F)F. The smallest absolute Gasteiger partial charge is 0.310 e. The Kier molecular flexibility index (Phi) is 3.60. The first kappa shape index (κ1) is 12.2. The molecule has 7 heteroatoms. The molecule has 0 aromatic carbocycles. The van der Waals surface area contributed by atoms with E-state index < -0.39 is 23.6 Å². The molecule has 0 saturated carbocycles. The van der Waals surface area contributed by atoms with E-state index in [1.54, 1.807) is 0 Å². The molecule has 0 aliphatic heterocycles. The highest BCUT2D eigenvalue weighted by atomic mass is 19.3. The quantitative estimate of drug-likeness (QED) is 0.747. The van der Waals surface area contributed by atoms with Gasteiger partial charge in [-0.3, -0.25) is 9.59 Å². The number of halogens is 2. The Bertz CT molecular complexity index is 457. The maximum absolute atomic E-state index is 12.5. The van der Waals surface area contributed by atoms with Crippen molar-refractivity contribution in [1.82, 2.24) is 4.98 Å². The van der Waals surface area contributed by atoms with E-state index in [0.29, 0.717) is 0 Å². The highest BCUT2D eigenvalue weighted by Crippen LogP contribution is 2.21. The largest absolute Gasteiger partial charge is 0.469 e. The van der Waals surface area contributed by atoms with Gasteiger partial charge in [0.2, 0.25) is 0 Å². The summed E-state index contributed by atoms with van der Waals surface area (Å²) in [4.78, 5) is 23.9. The van der Waals surface area contributed by atoms with Gasteiger partial charge in [0.25, 0.3) is 12.0 Å². The molecule has 3 N–H and O–H groups in total. The van der Waals surface area contributed by atoms with Gasteiger partial charge in [-0.2, -0.15) is 0 Å². The van der Waals surface area contributed by atoms with Gasteiger partial charge in [0.05, 0.1) is 24.9 Å².